The Balaban J connectivity index is 1.77. The van der Waals surface area contributed by atoms with Crippen molar-refractivity contribution in [1.82, 2.24) is 4.90 Å². The van der Waals surface area contributed by atoms with E-state index in [0.717, 1.165) is 38.6 Å². The number of thioether (sulfide) groups is 1. The van der Waals surface area contributed by atoms with Crippen molar-refractivity contribution < 1.29 is 28.6 Å². The Labute approximate surface area is 237 Å². The molecule has 192 valence electrons. The first-order valence-electron chi connectivity index (χ1n) is 11.2. The minimum absolute atomic E-state index is 0.207. The van der Waals surface area contributed by atoms with Gasteiger partial charge in [0.05, 0.1) is 21.7 Å². The molecular formula is C25H24Cl2INO6S. The van der Waals surface area contributed by atoms with Crippen LogP contribution in [-0.4, -0.2) is 41.8 Å². The van der Waals surface area contributed by atoms with E-state index < -0.39 is 23.7 Å². The Kier molecular flexibility index (Phi) is 10.8. The molecule has 0 N–H and O–H groups in total. The fraction of sp³-hybridized carbons (Fsp3) is 0.320. The van der Waals surface area contributed by atoms with Crippen LogP contribution in [0.4, 0.5) is 4.79 Å². The van der Waals surface area contributed by atoms with Crippen LogP contribution in [0.5, 0.6) is 11.5 Å². The Hall–Kier alpha value is -1.95. The number of hydrogen-bond acceptors (Lipinski definition) is 7. The first kappa shape index (κ1) is 28.6. The summed E-state index contributed by atoms with van der Waals surface area (Å²) in [6, 6.07) is 8.73. The van der Waals surface area contributed by atoms with Crippen LogP contribution in [0.1, 0.15) is 37.8 Å². The second kappa shape index (κ2) is 13.6. The van der Waals surface area contributed by atoms with Crippen LogP contribution in [0.15, 0.2) is 35.2 Å². The summed E-state index contributed by atoms with van der Waals surface area (Å²) in [6.07, 6.45) is 3.19. The molecule has 0 unspecified atom stereocenters. The number of hydrogen-bond donors (Lipinski definition) is 0. The first-order chi connectivity index (χ1) is 17.2. The van der Waals surface area contributed by atoms with Gasteiger partial charge in [0.2, 0.25) is 0 Å². The lowest BCUT2D eigenvalue weighted by Crippen LogP contribution is -2.34. The normalized spacial score (nSPS) is 14.5. The quantitative estimate of drug-likeness (QED) is 0.111. The van der Waals surface area contributed by atoms with E-state index in [0.29, 0.717) is 33.7 Å². The van der Waals surface area contributed by atoms with Crippen LogP contribution >= 0.6 is 57.6 Å². The highest BCUT2D eigenvalue weighted by molar-refractivity contribution is 14.1. The van der Waals surface area contributed by atoms with Gasteiger partial charge in [0, 0.05) is 15.6 Å². The summed E-state index contributed by atoms with van der Waals surface area (Å²) < 4.78 is 17.6. The summed E-state index contributed by atoms with van der Waals surface area (Å²) in [5.41, 5.74) is 1.42. The molecule has 7 nitrogen and oxygen atoms in total. The van der Waals surface area contributed by atoms with E-state index in [-0.39, 0.29) is 18.1 Å². The Bertz CT molecular complexity index is 1190. The van der Waals surface area contributed by atoms with Gasteiger partial charge in [-0.15, -0.1) is 0 Å². The molecule has 0 bridgehead atoms. The lowest BCUT2D eigenvalue weighted by atomic mass is 10.1. The standard InChI is InChI=1S/C25H24Cl2INO6S/c1-3-5-8-34-22(30)13-29-24(31)21(36-25(29)32)11-15-9-19(28)23(20(10-15)33-4-2)35-14-16-6-7-17(26)12-18(16)27/h6-7,9-12H,3-5,8,13-14H2,1-2H3/b21-11+. The van der Waals surface area contributed by atoms with Crippen molar-refractivity contribution >= 4 is 80.7 Å². The van der Waals surface area contributed by atoms with Crippen molar-refractivity contribution in [2.24, 2.45) is 0 Å². The van der Waals surface area contributed by atoms with E-state index in [9.17, 15) is 14.4 Å². The molecule has 2 aromatic rings. The van der Waals surface area contributed by atoms with Gasteiger partial charge in [0.15, 0.2) is 11.5 Å². The maximum Gasteiger partial charge on any atom is 0.326 e. The smallest absolute Gasteiger partial charge is 0.326 e. The number of carbonyl (C=O) groups is 3. The fourth-order valence-electron chi connectivity index (χ4n) is 3.16. The molecule has 0 radical (unpaired) electrons. The SMILES string of the molecule is CCCCOC(=O)CN1C(=O)S/C(=C/c2cc(I)c(OCc3ccc(Cl)cc3Cl)c(OCC)c2)C1=O. The number of unbranched alkanes of at least 4 members (excludes halogenated alkanes) is 1. The van der Waals surface area contributed by atoms with Crippen LogP contribution in [0.2, 0.25) is 10.0 Å². The Morgan fingerprint density at radius 2 is 1.92 bits per heavy atom. The van der Waals surface area contributed by atoms with Crippen molar-refractivity contribution in [1.29, 1.82) is 0 Å². The lowest BCUT2D eigenvalue weighted by Gasteiger charge is -2.15. The highest BCUT2D eigenvalue weighted by Gasteiger charge is 2.36. The number of ether oxygens (including phenoxy) is 3. The molecule has 2 aromatic carbocycles. The summed E-state index contributed by atoms with van der Waals surface area (Å²) in [4.78, 5) is 38.2. The Morgan fingerprint density at radius 1 is 1.14 bits per heavy atom. The zero-order valence-electron chi connectivity index (χ0n) is 19.6. The van der Waals surface area contributed by atoms with Crippen molar-refractivity contribution in [3.63, 3.8) is 0 Å². The van der Waals surface area contributed by atoms with Crippen molar-refractivity contribution in [3.05, 3.63) is 60.0 Å². The number of rotatable bonds is 11. The molecule has 0 saturated carbocycles. The van der Waals surface area contributed by atoms with E-state index in [4.69, 9.17) is 37.4 Å². The number of amides is 2. The highest BCUT2D eigenvalue weighted by atomic mass is 127. The molecule has 0 atom stereocenters. The number of imide groups is 1. The third-order valence-corrected chi connectivity index (χ3v) is 7.23. The van der Waals surface area contributed by atoms with Crippen LogP contribution in [0.3, 0.4) is 0 Å². The third-order valence-electron chi connectivity index (χ3n) is 4.94. The molecule has 11 heteroatoms. The third kappa shape index (κ3) is 7.53. The molecule has 1 saturated heterocycles. The van der Waals surface area contributed by atoms with Crippen LogP contribution in [0, 0.1) is 3.57 Å². The monoisotopic (exact) mass is 663 g/mol. The summed E-state index contributed by atoms with van der Waals surface area (Å²) in [5.74, 6) is -0.131. The second-order valence-corrected chi connectivity index (χ2v) is 10.6. The number of nitrogens with zero attached hydrogens (tertiary/aromatic N) is 1. The number of carbonyl (C=O) groups excluding carboxylic acids is 3. The second-order valence-electron chi connectivity index (χ2n) is 7.63. The molecule has 0 aromatic heterocycles. The molecule has 1 heterocycles. The molecule has 36 heavy (non-hydrogen) atoms. The minimum atomic E-state index is -0.609. The van der Waals surface area contributed by atoms with E-state index in [2.05, 4.69) is 22.6 Å². The van der Waals surface area contributed by atoms with Gasteiger partial charge in [0.25, 0.3) is 11.1 Å². The maximum atomic E-state index is 12.8. The zero-order valence-corrected chi connectivity index (χ0v) is 24.1. The van der Waals surface area contributed by atoms with Gasteiger partial charge in [-0.25, -0.2) is 0 Å². The predicted molar refractivity (Wildman–Crippen MR) is 150 cm³/mol. The van der Waals surface area contributed by atoms with E-state index in [1.807, 2.05) is 19.9 Å². The van der Waals surface area contributed by atoms with Gasteiger partial charge in [-0.1, -0.05) is 42.6 Å². The summed E-state index contributed by atoms with van der Waals surface area (Å²) in [5, 5.41) is 0.519. The van der Waals surface area contributed by atoms with Gasteiger partial charge in [-0.3, -0.25) is 19.3 Å². The predicted octanol–water partition coefficient (Wildman–Crippen LogP) is 6.96. The van der Waals surface area contributed by atoms with Crippen molar-refractivity contribution in [2.75, 3.05) is 19.8 Å². The first-order valence-corrected chi connectivity index (χ1v) is 13.8. The number of benzene rings is 2. The summed E-state index contributed by atoms with van der Waals surface area (Å²) in [6.45, 7) is 4.28. The van der Waals surface area contributed by atoms with Crippen molar-refractivity contribution in [3.8, 4) is 11.5 Å². The van der Waals surface area contributed by atoms with Gasteiger partial charge in [-0.05, 0) is 83.6 Å². The van der Waals surface area contributed by atoms with E-state index >= 15 is 0 Å². The number of esters is 1. The molecule has 2 amide bonds. The average Bonchev–Trinajstić information content (AvgIpc) is 3.07. The molecule has 0 spiro atoms. The molecule has 1 aliphatic heterocycles. The molecule has 1 aliphatic rings. The van der Waals surface area contributed by atoms with Crippen LogP contribution in [-0.2, 0) is 20.9 Å². The lowest BCUT2D eigenvalue weighted by molar-refractivity contribution is -0.146. The topological polar surface area (TPSA) is 82.1 Å². The molecule has 1 fully saturated rings. The highest BCUT2D eigenvalue weighted by Crippen LogP contribution is 2.38. The van der Waals surface area contributed by atoms with Crippen LogP contribution in [0.25, 0.3) is 6.08 Å². The van der Waals surface area contributed by atoms with Gasteiger partial charge < -0.3 is 14.2 Å². The molecular weight excluding hydrogens is 640 g/mol. The van der Waals surface area contributed by atoms with Crippen LogP contribution < -0.4 is 9.47 Å². The Morgan fingerprint density at radius 3 is 2.61 bits per heavy atom. The maximum absolute atomic E-state index is 12.8. The minimum Gasteiger partial charge on any atom is -0.490 e. The van der Waals surface area contributed by atoms with Gasteiger partial charge in [0.1, 0.15) is 13.2 Å². The molecule has 0 aliphatic carbocycles. The van der Waals surface area contributed by atoms with Gasteiger partial charge in [-0.2, -0.15) is 0 Å². The largest absolute Gasteiger partial charge is 0.490 e. The zero-order chi connectivity index (χ0) is 26.2. The summed E-state index contributed by atoms with van der Waals surface area (Å²) in [7, 11) is 0. The van der Waals surface area contributed by atoms with Gasteiger partial charge >= 0.3 is 5.97 Å². The molecule has 3 rings (SSSR count). The van der Waals surface area contributed by atoms with E-state index in [1.54, 1.807) is 30.3 Å². The fourth-order valence-corrected chi connectivity index (χ4v) is 5.24. The number of halogens is 3. The summed E-state index contributed by atoms with van der Waals surface area (Å²) >= 11 is 15.1. The average molecular weight is 664 g/mol. The van der Waals surface area contributed by atoms with Crippen molar-refractivity contribution in [2.45, 2.75) is 33.3 Å². The van der Waals surface area contributed by atoms with E-state index in [1.165, 1.54) is 0 Å².